The summed E-state index contributed by atoms with van der Waals surface area (Å²) >= 11 is 1.64. The largest absolute Gasteiger partial charge is 0.369 e. The number of anilines is 1. The van der Waals surface area contributed by atoms with E-state index in [1.807, 2.05) is 27.7 Å². The van der Waals surface area contributed by atoms with E-state index in [4.69, 9.17) is 5.73 Å². The van der Waals surface area contributed by atoms with Gasteiger partial charge in [-0.1, -0.05) is 6.92 Å². The molecule has 0 spiro atoms. The van der Waals surface area contributed by atoms with Crippen LogP contribution in [0.25, 0.3) is 16.9 Å². The van der Waals surface area contributed by atoms with Crippen molar-refractivity contribution in [2.24, 2.45) is 7.05 Å². The third kappa shape index (κ3) is 1.37. The summed E-state index contributed by atoms with van der Waals surface area (Å²) in [4.78, 5) is 4.42. The molecule has 5 nitrogen and oxygen atoms in total. The number of hydrogen-bond donors (Lipinski definition) is 1. The maximum absolute atomic E-state index is 6.00. The normalized spacial score (nSPS) is 11.4. The average Bonchev–Trinajstić information content (AvgIpc) is 2.96. The molecule has 88 valence electrons. The van der Waals surface area contributed by atoms with Crippen molar-refractivity contribution in [1.82, 2.24) is 19.3 Å². The molecule has 0 saturated carbocycles. The highest BCUT2D eigenvalue weighted by atomic mass is 32.1. The van der Waals surface area contributed by atoms with Crippen molar-refractivity contribution in [2.75, 3.05) is 5.73 Å². The molecule has 2 N–H and O–H groups in total. The van der Waals surface area contributed by atoms with Gasteiger partial charge in [-0.3, -0.25) is 4.57 Å². The molecule has 0 fully saturated rings. The van der Waals surface area contributed by atoms with Gasteiger partial charge in [0.05, 0.1) is 11.4 Å². The Morgan fingerprint density at radius 1 is 1.47 bits per heavy atom. The summed E-state index contributed by atoms with van der Waals surface area (Å²) in [5.41, 5.74) is 9.89. The molecule has 0 unspecified atom stereocenters. The lowest BCUT2D eigenvalue weighted by Crippen LogP contribution is -2.03. The number of hydrogen-bond acceptors (Lipinski definition) is 4. The summed E-state index contributed by atoms with van der Waals surface area (Å²) in [6.45, 7) is 2.07. The van der Waals surface area contributed by atoms with Gasteiger partial charge in [0.2, 0.25) is 5.95 Å². The van der Waals surface area contributed by atoms with Crippen molar-refractivity contribution >= 4 is 28.4 Å². The van der Waals surface area contributed by atoms with Crippen LogP contribution >= 0.6 is 11.3 Å². The van der Waals surface area contributed by atoms with Crippen molar-refractivity contribution in [2.45, 2.75) is 13.3 Å². The number of nitrogen functional groups attached to an aromatic ring is 1. The summed E-state index contributed by atoms with van der Waals surface area (Å²) in [6.07, 6.45) is 0.859. The molecule has 0 aliphatic rings. The minimum absolute atomic E-state index is 0.515. The maximum Gasteiger partial charge on any atom is 0.207 e. The summed E-state index contributed by atoms with van der Waals surface area (Å²) in [5.74, 6) is 0.515. The maximum atomic E-state index is 6.00. The van der Waals surface area contributed by atoms with Crippen molar-refractivity contribution in [3.8, 4) is 5.69 Å². The number of nitrogens with zero attached hydrogens (tertiary/aromatic N) is 4. The first kappa shape index (κ1) is 10.3. The van der Waals surface area contributed by atoms with Gasteiger partial charge in [-0.25, -0.2) is 9.67 Å². The fourth-order valence-electron chi connectivity index (χ4n) is 2.07. The van der Waals surface area contributed by atoms with Gasteiger partial charge in [0.1, 0.15) is 5.52 Å². The number of nitrogens with two attached hydrogens (primary N) is 1. The number of imidazole rings is 1. The van der Waals surface area contributed by atoms with E-state index >= 15 is 0 Å². The number of rotatable bonds is 2. The second-order valence-electron chi connectivity index (χ2n) is 3.88. The van der Waals surface area contributed by atoms with E-state index in [0.29, 0.717) is 5.95 Å². The molecule has 3 aromatic rings. The van der Waals surface area contributed by atoms with Crippen LogP contribution in [0.5, 0.6) is 0 Å². The van der Waals surface area contributed by atoms with Gasteiger partial charge in [-0.2, -0.15) is 16.4 Å². The Balaban J connectivity index is 2.38. The second-order valence-corrected chi connectivity index (χ2v) is 4.66. The number of fused-ring (bicyclic) bond motifs is 1. The summed E-state index contributed by atoms with van der Waals surface area (Å²) < 4.78 is 3.78. The smallest absolute Gasteiger partial charge is 0.207 e. The van der Waals surface area contributed by atoms with Crippen LogP contribution < -0.4 is 5.73 Å². The van der Waals surface area contributed by atoms with Crippen LogP contribution in [0.3, 0.4) is 0 Å². The van der Waals surface area contributed by atoms with Crippen LogP contribution in [0.15, 0.2) is 16.8 Å². The Bertz CT molecular complexity index is 662. The topological polar surface area (TPSA) is 61.7 Å². The van der Waals surface area contributed by atoms with Gasteiger partial charge in [-0.05, 0) is 17.9 Å². The van der Waals surface area contributed by atoms with Gasteiger partial charge < -0.3 is 5.73 Å². The Labute approximate surface area is 102 Å². The molecule has 3 rings (SSSR count). The van der Waals surface area contributed by atoms with Crippen LogP contribution in [-0.2, 0) is 13.5 Å². The molecular weight excluding hydrogens is 234 g/mol. The predicted molar refractivity (Wildman–Crippen MR) is 69.5 cm³/mol. The lowest BCUT2D eigenvalue weighted by atomic mass is 10.3. The molecule has 0 aliphatic heterocycles. The fraction of sp³-hybridized carbons (Fsp3) is 0.273. The summed E-state index contributed by atoms with van der Waals surface area (Å²) in [7, 11) is 1.92. The SMILES string of the molecule is CCc1nn(C)c2c1nc(N)n2-c1ccsc1. The van der Waals surface area contributed by atoms with Crippen LogP contribution in [0, 0.1) is 0 Å². The summed E-state index contributed by atoms with van der Waals surface area (Å²) in [5, 5.41) is 8.54. The highest BCUT2D eigenvalue weighted by Crippen LogP contribution is 2.26. The number of aryl methyl sites for hydroxylation is 2. The molecular formula is C11H13N5S. The van der Waals surface area contributed by atoms with E-state index in [1.165, 1.54) is 0 Å². The zero-order valence-corrected chi connectivity index (χ0v) is 10.5. The highest BCUT2D eigenvalue weighted by molar-refractivity contribution is 7.08. The van der Waals surface area contributed by atoms with Crippen molar-refractivity contribution < 1.29 is 0 Å². The van der Waals surface area contributed by atoms with Crippen LogP contribution in [0.4, 0.5) is 5.95 Å². The predicted octanol–water partition coefficient (Wildman–Crippen LogP) is 1.97. The van der Waals surface area contributed by atoms with Gasteiger partial charge in [0.15, 0.2) is 5.65 Å². The Morgan fingerprint density at radius 3 is 2.94 bits per heavy atom. The van der Waals surface area contributed by atoms with E-state index in [9.17, 15) is 0 Å². The van der Waals surface area contributed by atoms with E-state index in [-0.39, 0.29) is 0 Å². The summed E-state index contributed by atoms with van der Waals surface area (Å²) in [6, 6.07) is 2.03. The molecule has 3 heterocycles. The first-order valence-electron chi connectivity index (χ1n) is 5.44. The Kier molecular flexibility index (Phi) is 2.19. The monoisotopic (exact) mass is 247 g/mol. The first-order valence-corrected chi connectivity index (χ1v) is 6.39. The quantitative estimate of drug-likeness (QED) is 0.753. The molecule has 0 amide bonds. The van der Waals surface area contributed by atoms with Crippen molar-refractivity contribution in [3.05, 3.63) is 22.5 Å². The van der Waals surface area contributed by atoms with Crippen LogP contribution in [0.1, 0.15) is 12.6 Å². The third-order valence-corrected chi connectivity index (χ3v) is 3.50. The highest BCUT2D eigenvalue weighted by Gasteiger charge is 2.17. The van der Waals surface area contributed by atoms with Crippen LogP contribution in [-0.4, -0.2) is 19.3 Å². The minimum Gasteiger partial charge on any atom is -0.369 e. The lowest BCUT2D eigenvalue weighted by Gasteiger charge is -2.03. The molecule has 0 aromatic carbocycles. The number of thiophene rings is 1. The zero-order valence-electron chi connectivity index (χ0n) is 9.71. The van der Waals surface area contributed by atoms with Gasteiger partial charge in [-0.15, -0.1) is 0 Å². The molecule has 6 heteroatoms. The van der Waals surface area contributed by atoms with Crippen LogP contribution in [0.2, 0.25) is 0 Å². The molecule has 0 aliphatic carbocycles. The molecule has 0 bridgehead atoms. The standard InChI is InChI=1S/C11H13N5S/c1-3-8-9-10(15(2)14-8)16(11(12)13-9)7-4-5-17-6-7/h4-6H,3H2,1-2H3,(H2,12,13). The third-order valence-electron chi connectivity index (χ3n) is 2.83. The van der Waals surface area contributed by atoms with Crippen molar-refractivity contribution in [1.29, 1.82) is 0 Å². The van der Waals surface area contributed by atoms with Crippen molar-refractivity contribution in [3.63, 3.8) is 0 Å². The molecule has 17 heavy (non-hydrogen) atoms. The second kappa shape index (κ2) is 3.59. The minimum atomic E-state index is 0.515. The fourth-order valence-corrected chi connectivity index (χ4v) is 2.69. The molecule has 0 saturated heterocycles. The Hall–Kier alpha value is -1.82. The number of aromatic nitrogens is 4. The van der Waals surface area contributed by atoms with Gasteiger partial charge in [0, 0.05) is 12.4 Å². The van der Waals surface area contributed by atoms with E-state index < -0.39 is 0 Å². The lowest BCUT2D eigenvalue weighted by molar-refractivity contribution is 0.751. The molecule has 3 aromatic heterocycles. The zero-order chi connectivity index (χ0) is 12.0. The first-order chi connectivity index (χ1) is 8.22. The van der Waals surface area contributed by atoms with Gasteiger partial charge in [0.25, 0.3) is 0 Å². The average molecular weight is 247 g/mol. The molecule has 0 atom stereocenters. The van der Waals surface area contributed by atoms with Gasteiger partial charge >= 0.3 is 0 Å². The Morgan fingerprint density at radius 2 is 2.29 bits per heavy atom. The van der Waals surface area contributed by atoms with E-state index in [2.05, 4.69) is 22.4 Å². The van der Waals surface area contributed by atoms with E-state index in [0.717, 1.165) is 29.0 Å². The van der Waals surface area contributed by atoms with E-state index in [1.54, 1.807) is 11.3 Å². The molecule has 0 radical (unpaired) electrons.